The van der Waals surface area contributed by atoms with Crippen molar-refractivity contribution in [3.63, 3.8) is 0 Å². The predicted molar refractivity (Wildman–Crippen MR) is 139 cm³/mol. The molecule has 36 heavy (non-hydrogen) atoms. The first-order valence-corrected chi connectivity index (χ1v) is 12.6. The molecule has 4 rings (SSSR count). The maximum absolute atomic E-state index is 13.7. The number of thiazole rings is 1. The van der Waals surface area contributed by atoms with Crippen molar-refractivity contribution in [3.8, 4) is 5.75 Å². The molecule has 0 saturated carbocycles. The van der Waals surface area contributed by atoms with Crippen LogP contribution in [-0.4, -0.2) is 23.1 Å². The molecule has 1 unspecified atom stereocenters. The first-order valence-electron chi connectivity index (χ1n) is 11.8. The van der Waals surface area contributed by atoms with Crippen LogP contribution in [0.3, 0.4) is 0 Å². The van der Waals surface area contributed by atoms with Crippen molar-refractivity contribution < 1.29 is 19.1 Å². The van der Waals surface area contributed by atoms with Gasteiger partial charge in [0.15, 0.2) is 4.80 Å². The first kappa shape index (κ1) is 25.3. The SMILES string of the molecule is CCOC(=O)C1=C(C)N=c2s/c(=C\c3cccc(OC(C)=O)c3)c(=O)n2C1c1ccc(C(C)C)cc1. The zero-order chi connectivity index (χ0) is 26.0. The standard InChI is InChI=1S/C28H28N2O5S/c1-6-34-27(33)24-17(4)29-28-30(25(24)21-12-10-20(11-13-21)16(2)3)26(32)23(36-28)15-19-8-7-9-22(14-19)35-18(5)31/h7-16,25H,6H2,1-5H3/b23-15-. The van der Waals surface area contributed by atoms with E-state index in [2.05, 4.69) is 18.8 Å². The van der Waals surface area contributed by atoms with Gasteiger partial charge in [0.1, 0.15) is 5.75 Å². The van der Waals surface area contributed by atoms with Crippen molar-refractivity contribution in [2.75, 3.05) is 6.61 Å². The molecule has 3 aromatic rings. The number of nitrogens with zero attached hydrogens (tertiary/aromatic N) is 2. The lowest BCUT2D eigenvalue weighted by Gasteiger charge is -2.25. The lowest BCUT2D eigenvalue weighted by Crippen LogP contribution is -2.39. The van der Waals surface area contributed by atoms with Crippen LogP contribution in [0.2, 0.25) is 0 Å². The van der Waals surface area contributed by atoms with E-state index in [1.54, 1.807) is 42.7 Å². The van der Waals surface area contributed by atoms with Crippen LogP contribution in [0.15, 0.2) is 69.6 Å². The molecule has 0 spiro atoms. The van der Waals surface area contributed by atoms with Crippen molar-refractivity contribution in [1.82, 2.24) is 4.57 Å². The topological polar surface area (TPSA) is 87.0 Å². The minimum absolute atomic E-state index is 0.220. The van der Waals surface area contributed by atoms with Crippen molar-refractivity contribution in [3.05, 3.63) is 96.2 Å². The Morgan fingerprint density at radius 3 is 2.53 bits per heavy atom. The van der Waals surface area contributed by atoms with Gasteiger partial charge in [0.2, 0.25) is 0 Å². The van der Waals surface area contributed by atoms with Crippen LogP contribution < -0.4 is 19.6 Å². The predicted octanol–water partition coefficient (Wildman–Crippen LogP) is 3.85. The summed E-state index contributed by atoms with van der Waals surface area (Å²) in [6.07, 6.45) is 1.74. The molecule has 2 aromatic carbocycles. The van der Waals surface area contributed by atoms with Crippen LogP contribution >= 0.6 is 11.3 Å². The Morgan fingerprint density at radius 1 is 1.17 bits per heavy atom. The van der Waals surface area contributed by atoms with E-state index in [0.29, 0.717) is 37.8 Å². The average Bonchev–Trinajstić information content (AvgIpc) is 3.12. The largest absolute Gasteiger partial charge is 0.463 e. The summed E-state index contributed by atoms with van der Waals surface area (Å²) in [6, 6.07) is 14.2. The molecular formula is C28H28N2O5S. The fourth-order valence-electron chi connectivity index (χ4n) is 4.16. The minimum atomic E-state index is -0.656. The molecule has 0 saturated heterocycles. The van der Waals surface area contributed by atoms with Gasteiger partial charge in [0.05, 0.1) is 28.5 Å². The maximum Gasteiger partial charge on any atom is 0.338 e. The minimum Gasteiger partial charge on any atom is -0.463 e. The van der Waals surface area contributed by atoms with Gasteiger partial charge < -0.3 is 9.47 Å². The summed E-state index contributed by atoms with van der Waals surface area (Å²) in [7, 11) is 0. The highest BCUT2D eigenvalue weighted by Gasteiger charge is 2.33. The Kier molecular flexibility index (Phi) is 7.35. The van der Waals surface area contributed by atoms with E-state index in [-0.39, 0.29) is 12.2 Å². The van der Waals surface area contributed by atoms with Gasteiger partial charge in [-0.25, -0.2) is 9.79 Å². The molecule has 0 bridgehead atoms. The molecule has 1 aliphatic heterocycles. The number of aromatic nitrogens is 1. The van der Waals surface area contributed by atoms with Crippen LogP contribution in [-0.2, 0) is 14.3 Å². The Bertz CT molecular complexity index is 1530. The van der Waals surface area contributed by atoms with Crippen LogP contribution in [0.4, 0.5) is 0 Å². The van der Waals surface area contributed by atoms with E-state index in [1.807, 2.05) is 30.3 Å². The number of carbonyl (C=O) groups excluding carboxylic acids is 2. The molecule has 1 aromatic heterocycles. The summed E-state index contributed by atoms with van der Waals surface area (Å²) in [6.45, 7) is 9.30. The number of fused-ring (bicyclic) bond motifs is 1. The zero-order valence-corrected chi connectivity index (χ0v) is 21.7. The monoisotopic (exact) mass is 504 g/mol. The summed E-state index contributed by atoms with van der Waals surface area (Å²) in [4.78, 5) is 43.1. The highest BCUT2D eigenvalue weighted by molar-refractivity contribution is 7.07. The Morgan fingerprint density at radius 2 is 1.89 bits per heavy atom. The summed E-state index contributed by atoms with van der Waals surface area (Å²) in [5.41, 5.74) is 3.29. The molecule has 0 aliphatic carbocycles. The van der Waals surface area contributed by atoms with Gasteiger partial charge in [-0.05, 0) is 54.7 Å². The maximum atomic E-state index is 13.7. The number of ether oxygens (including phenoxy) is 2. The zero-order valence-electron chi connectivity index (χ0n) is 20.9. The number of allylic oxidation sites excluding steroid dienone is 1. The van der Waals surface area contributed by atoms with E-state index in [4.69, 9.17) is 9.47 Å². The molecule has 2 heterocycles. The van der Waals surface area contributed by atoms with E-state index >= 15 is 0 Å². The fourth-order valence-corrected chi connectivity index (χ4v) is 5.20. The summed E-state index contributed by atoms with van der Waals surface area (Å²) in [5, 5.41) is 0. The molecule has 7 nitrogen and oxygen atoms in total. The van der Waals surface area contributed by atoms with E-state index < -0.39 is 18.0 Å². The van der Waals surface area contributed by atoms with Gasteiger partial charge in [0, 0.05) is 6.92 Å². The second-order valence-electron chi connectivity index (χ2n) is 8.79. The fraction of sp³-hybridized carbons (Fsp3) is 0.286. The average molecular weight is 505 g/mol. The number of benzene rings is 2. The van der Waals surface area contributed by atoms with Crippen molar-refractivity contribution in [1.29, 1.82) is 0 Å². The van der Waals surface area contributed by atoms with Gasteiger partial charge >= 0.3 is 11.9 Å². The number of hydrogen-bond donors (Lipinski definition) is 0. The van der Waals surface area contributed by atoms with E-state index in [1.165, 1.54) is 18.3 Å². The number of hydrogen-bond acceptors (Lipinski definition) is 7. The molecule has 8 heteroatoms. The molecular weight excluding hydrogens is 476 g/mol. The second kappa shape index (κ2) is 10.5. The van der Waals surface area contributed by atoms with Crippen molar-refractivity contribution in [2.24, 2.45) is 4.99 Å². The molecule has 0 amide bonds. The van der Waals surface area contributed by atoms with Gasteiger partial charge in [-0.1, -0.05) is 61.6 Å². The summed E-state index contributed by atoms with van der Waals surface area (Å²) < 4.78 is 12.5. The first-order chi connectivity index (χ1) is 17.2. The van der Waals surface area contributed by atoms with E-state index in [0.717, 1.165) is 11.1 Å². The van der Waals surface area contributed by atoms with Crippen LogP contribution in [0.25, 0.3) is 6.08 Å². The third-order valence-electron chi connectivity index (χ3n) is 5.85. The Hall–Kier alpha value is -3.78. The van der Waals surface area contributed by atoms with Crippen molar-refractivity contribution >= 4 is 29.4 Å². The lowest BCUT2D eigenvalue weighted by molar-refractivity contribution is -0.139. The number of esters is 2. The highest BCUT2D eigenvalue weighted by Crippen LogP contribution is 2.31. The van der Waals surface area contributed by atoms with E-state index in [9.17, 15) is 14.4 Å². The van der Waals surface area contributed by atoms with Gasteiger partial charge in [-0.15, -0.1) is 0 Å². The quantitative estimate of drug-likeness (QED) is 0.376. The number of rotatable bonds is 6. The van der Waals surface area contributed by atoms with Gasteiger partial charge in [-0.3, -0.25) is 14.2 Å². The number of carbonyl (C=O) groups is 2. The van der Waals surface area contributed by atoms with Crippen LogP contribution in [0.5, 0.6) is 5.75 Å². The Balaban J connectivity index is 1.89. The molecule has 0 fully saturated rings. The second-order valence-corrected chi connectivity index (χ2v) is 9.80. The van der Waals surface area contributed by atoms with Crippen LogP contribution in [0, 0.1) is 0 Å². The summed E-state index contributed by atoms with van der Waals surface area (Å²) >= 11 is 1.25. The lowest BCUT2D eigenvalue weighted by atomic mass is 9.93. The third-order valence-corrected chi connectivity index (χ3v) is 6.84. The molecule has 1 atom stereocenters. The van der Waals surface area contributed by atoms with Crippen LogP contribution in [0.1, 0.15) is 63.3 Å². The van der Waals surface area contributed by atoms with Gasteiger partial charge in [-0.2, -0.15) is 0 Å². The molecule has 1 aliphatic rings. The molecule has 0 N–H and O–H groups in total. The van der Waals surface area contributed by atoms with Gasteiger partial charge in [0.25, 0.3) is 5.56 Å². The molecule has 0 radical (unpaired) electrons. The van der Waals surface area contributed by atoms with Crippen molar-refractivity contribution in [2.45, 2.75) is 46.6 Å². The molecule has 186 valence electrons. The normalized spacial score (nSPS) is 15.5. The highest BCUT2D eigenvalue weighted by atomic mass is 32.1. The third kappa shape index (κ3) is 5.09. The smallest absolute Gasteiger partial charge is 0.338 e. The Labute approximate surface area is 213 Å². The summed E-state index contributed by atoms with van der Waals surface area (Å²) in [5.74, 6) is -0.157.